The molecule has 1 atom stereocenters. The van der Waals surface area contributed by atoms with Gasteiger partial charge in [-0.2, -0.15) is 0 Å². The first-order valence-electron chi connectivity index (χ1n) is 8.76. The van der Waals surface area contributed by atoms with E-state index in [9.17, 15) is 9.59 Å². The lowest BCUT2D eigenvalue weighted by atomic mass is 10.0. The quantitative estimate of drug-likeness (QED) is 0.887. The van der Waals surface area contributed by atoms with Crippen molar-refractivity contribution < 1.29 is 19.1 Å². The van der Waals surface area contributed by atoms with Gasteiger partial charge >= 0.3 is 0 Å². The van der Waals surface area contributed by atoms with E-state index >= 15 is 0 Å². The molecule has 2 aliphatic rings. The van der Waals surface area contributed by atoms with Crippen molar-refractivity contribution in [1.82, 2.24) is 5.32 Å². The highest BCUT2D eigenvalue weighted by Crippen LogP contribution is 2.32. The molecule has 0 saturated carbocycles. The van der Waals surface area contributed by atoms with Crippen LogP contribution in [0.5, 0.6) is 5.75 Å². The summed E-state index contributed by atoms with van der Waals surface area (Å²) in [6.45, 7) is 1.37. The van der Waals surface area contributed by atoms with Crippen LogP contribution in [-0.4, -0.2) is 37.7 Å². The summed E-state index contributed by atoms with van der Waals surface area (Å²) in [5.74, 6) is 0.407. The van der Waals surface area contributed by atoms with Crippen LogP contribution >= 0.6 is 0 Å². The maximum absolute atomic E-state index is 12.2. The van der Waals surface area contributed by atoms with E-state index in [0.717, 1.165) is 30.6 Å². The van der Waals surface area contributed by atoms with Gasteiger partial charge < -0.3 is 20.1 Å². The molecule has 2 N–H and O–H groups in total. The Morgan fingerprint density at radius 2 is 1.96 bits per heavy atom. The average molecular weight is 352 g/mol. The molecule has 4 rings (SSSR count). The lowest BCUT2D eigenvalue weighted by molar-refractivity contribution is -0.118. The number of rotatable bonds is 4. The first-order valence-corrected chi connectivity index (χ1v) is 8.76. The standard InChI is InChI=1S/C20H20N2O4/c23-19-12-26-18-8-7-15(10-17(18)22-19)13-3-5-14(6-4-13)20(24)21-11-16-2-1-9-25-16/h3-8,10,16H,1-2,9,11-12H2,(H,21,24)(H,22,23)/t16-/m1/s1. The van der Waals surface area contributed by atoms with Gasteiger partial charge in [-0.25, -0.2) is 0 Å². The van der Waals surface area contributed by atoms with E-state index in [-0.39, 0.29) is 24.5 Å². The van der Waals surface area contributed by atoms with Crippen molar-refractivity contribution >= 4 is 17.5 Å². The van der Waals surface area contributed by atoms with Crippen molar-refractivity contribution in [3.05, 3.63) is 48.0 Å². The van der Waals surface area contributed by atoms with Crippen LogP contribution in [0.1, 0.15) is 23.2 Å². The molecule has 2 amide bonds. The van der Waals surface area contributed by atoms with Gasteiger partial charge in [0.1, 0.15) is 5.75 Å². The van der Waals surface area contributed by atoms with Crippen LogP contribution < -0.4 is 15.4 Å². The van der Waals surface area contributed by atoms with Crippen molar-refractivity contribution in [3.63, 3.8) is 0 Å². The molecule has 0 unspecified atom stereocenters. The number of ether oxygens (including phenoxy) is 2. The van der Waals surface area contributed by atoms with Crippen LogP contribution in [0.2, 0.25) is 0 Å². The van der Waals surface area contributed by atoms with Crippen LogP contribution in [0.25, 0.3) is 11.1 Å². The fourth-order valence-corrected chi connectivity index (χ4v) is 3.19. The number of carbonyl (C=O) groups excluding carboxylic acids is 2. The second-order valence-electron chi connectivity index (χ2n) is 6.47. The van der Waals surface area contributed by atoms with Crippen LogP contribution in [0.4, 0.5) is 5.69 Å². The fraction of sp³-hybridized carbons (Fsp3) is 0.300. The van der Waals surface area contributed by atoms with Gasteiger partial charge in [-0.1, -0.05) is 18.2 Å². The molecular weight excluding hydrogens is 332 g/mol. The molecule has 6 nitrogen and oxygen atoms in total. The first kappa shape index (κ1) is 16.6. The second kappa shape index (κ2) is 7.17. The highest BCUT2D eigenvalue weighted by Gasteiger charge is 2.18. The lowest BCUT2D eigenvalue weighted by Gasteiger charge is -2.18. The Bertz CT molecular complexity index is 826. The number of fused-ring (bicyclic) bond motifs is 1. The normalized spacial score (nSPS) is 18.6. The number of benzene rings is 2. The van der Waals surface area contributed by atoms with Gasteiger partial charge in [-0.3, -0.25) is 9.59 Å². The van der Waals surface area contributed by atoms with Gasteiger partial charge in [-0.05, 0) is 48.2 Å². The predicted octanol–water partition coefficient (Wildman–Crippen LogP) is 2.59. The van der Waals surface area contributed by atoms with Gasteiger partial charge in [-0.15, -0.1) is 0 Å². The van der Waals surface area contributed by atoms with Crippen LogP contribution in [0.3, 0.4) is 0 Å². The van der Waals surface area contributed by atoms with E-state index in [1.807, 2.05) is 30.3 Å². The smallest absolute Gasteiger partial charge is 0.262 e. The Kier molecular flexibility index (Phi) is 4.58. The third-order valence-corrected chi connectivity index (χ3v) is 4.61. The molecule has 6 heteroatoms. The maximum Gasteiger partial charge on any atom is 0.262 e. The van der Waals surface area contributed by atoms with Gasteiger partial charge in [0.25, 0.3) is 11.8 Å². The highest BCUT2D eigenvalue weighted by atomic mass is 16.5. The summed E-state index contributed by atoms with van der Waals surface area (Å²) in [4.78, 5) is 23.7. The molecule has 0 aromatic heterocycles. The number of hydrogen-bond donors (Lipinski definition) is 2. The Morgan fingerprint density at radius 3 is 2.73 bits per heavy atom. The molecule has 1 saturated heterocycles. The summed E-state index contributed by atoms with van der Waals surface area (Å²) in [5, 5.41) is 5.72. The maximum atomic E-state index is 12.2. The highest BCUT2D eigenvalue weighted by molar-refractivity contribution is 5.97. The average Bonchev–Trinajstić information content (AvgIpc) is 3.19. The van der Waals surface area contributed by atoms with E-state index < -0.39 is 0 Å². The number of anilines is 1. The summed E-state index contributed by atoms with van der Waals surface area (Å²) < 4.78 is 10.9. The summed E-state index contributed by atoms with van der Waals surface area (Å²) >= 11 is 0. The number of hydrogen-bond acceptors (Lipinski definition) is 4. The molecule has 0 radical (unpaired) electrons. The van der Waals surface area contributed by atoms with Gasteiger partial charge in [0.2, 0.25) is 0 Å². The van der Waals surface area contributed by atoms with Crippen molar-refractivity contribution in [3.8, 4) is 16.9 Å². The largest absolute Gasteiger partial charge is 0.482 e. The zero-order chi connectivity index (χ0) is 17.9. The molecule has 2 aliphatic heterocycles. The molecule has 0 bridgehead atoms. The Labute approximate surface area is 151 Å². The van der Waals surface area contributed by atoms with E-state index in [1.165, 1.54) is 0 Å². The molecule has 0 aliphatic carbocycles. The third-order valence-electron chi connectivity index (χ3n) is 4.61. The predicted molar refractivity (Wildman–Crippen MR) is 97.3 cm³/mol. The Morgan fingerprint density at radius 1 is 1.15 bits per heavy atom. The van der Waals surface area contributed by atoms with Crippen molar-refractivity contribution in [2.24, 2.45) is 0 Å². The summed E-state index contributed by atoms with van der Waals surface area (Å²) in [5.41, 5.74) is 3.18. The SMILES string of the molecule is O=C1COc2ccc(-c3ccc(C(=O)NC[C@H]4CCCO4)cc3)cc2N1. The second-order valence-corrected chi connectivity index (χ2v) is 6.47. The third kappa shape index (κ3) is 3.55. The Hall–Kier alpha value is -2.86. The minimum absolute atomic E-state index is 0.0437. The van der Waals surface area contributed by atoms with Gasteiger partial charge in [0.05, 0.1) is 11.8 Å². The van der Waals surface area contributed by atoms with E-state index in [0.29, 0.717) is 23.5 Å². The Balaban J connectivity index is 1.44. The summed E-state index contributed by atoms with van der Waals surface area (Å²) in [6, 6.07) is 13.0. The zero-order valence-electron chi connectivity index (χ0n) is 14.3. The van der Waals surface area contributed by atoms with E-state index in [2.05, 4.69) is 10.6 Å². The van der Waals surface area contributed by atoms with Crippen molar-refractivity contribution in [1.29, 1.82) is 0 Å². The fourth-order valence-electron chi connectivity index (χ4n) is 3.19. The summed E-state index contributed by atoms with van der Waals surface area (Å²) in [6.07, 6.45) is 2.19. The van der Waals surface area contributed by atoms with Gasteiger partial charge in [0, 0.05) is 18.7 Å². The minimum Gasteiger partial charge on any atom is -0.482 e. The number of nitrogens with one attached hydrogen (secondary N) is 2. The van der Waals surface area contributed by atoms with Crippen LogP contribution in [0, 0.1) is 0 Å². The van der Waals surface area contributed by atoms with E-state index in [4.69, 9.17) is 9.47 Å². The lowest BCUT2D eigenvalue weighted by Crippen LogP contribution is -2.31. The first-order chi connectivity index (χ1) is 12.7. The minimum atomic E-state index is -0.159. The molecular formula is C20H20N2O4. The molecule has 2 aromatic rings. The zero-order valence-corrected chi connectivity index (χ0v) is 14.3. The van der Waals surface area contributed by atoms with Crippen LogP contribution in [-0.2, 0) is 9.53 Å². The molecule has 2 aromatic carbocycles. The molecule has 1 fully saturated rings. The summed E-state index contributed by atoms with van der Waals surface area (Å²) in [7, 11) is 0. The van der Waals surface area contributed by atoms with Crippen LogP contribution in [0.15, 0.2) is 42.5 Å². The van der Waals surface area contributed by atoms with Crippen molar-refractivity contribution in [2.75, 3.05) is 25.1 Å². The van der Waals surface area contributed by atoms with Gasteiger partial charge in [0.15, 0.2) is 6.61 Å². The molecule has 2 heterocycles. The number of carbonyl (C=O) groups is 2. The molecule has 26 heavy (non-hydrogen) atoms. The molecule has 134 valence electrons. The topological polar surface area (TPSA) is 76.7 Å². The molecule has 0 spiro atoms. The number of amides is 2. The monoisotopic (exact) mass is 352 g/mol. The van der Waals surface area contributed by atoms with Crippen molar-refractivity contribution in [2.45, 2.75) is 18.9 Å². The van der Waals surface area contributed by atoms with E-state index in [1.54, 1.807) is 12.1 Å².